The Hall–Kier alpha value is -2.10. The molecule has 0 unspecified atom stereocenters. The van der Waals surface area contributed by atoms with Gasteiger partial charge in [0, 0.05) is 19.8 Å². The third kappa shape index (κ3) is 3.69. The van der Waals surface area contributed by atoms with Crippen LogP contribution in [0.4, 0.5) is 4.39 Å². The molecular weight excluding hydrogens is 379 g/mol. The van der Waals surface area contributed by atoms with Gasteiger partial charge in [-0.2, -0.15) is 0 Å². The summed E-state index contributed by atoms with van der Waals surface area (Å²) >= 11 is 1.30. The number of halogens is 1. The van der Waals surface area contributed by atoms with Gasteiger partial charge in [0.05, 0.1) is 12.0 Å². The van der Waals surface area contributed by atoms with E-state index in [-0.39, 0.29) is 10.6 Å². The first-order valence-corrected chi connectivity index (χ1v) is 10.0. The van der Waals surface area contributed by atoms with Gasteiger partial charge in [0.1, 0.15) is 5.52 Å². The summed E-state index contributed by atoms with van der Waals surface area (Å²) in [6.45, 7) is 0. The van der Waals surface area contributed by atoms with Crippen molar-refractivity contribution in [1.29, 1.82) is 0 Å². The fourth-order valence-corrected chi connectivity index (χ4v) is 3.97. The predicted molar refractivity (Wildman–Crippen MR) is 97.4 cm³/mol. The van der Waals surface area contributed by atoms with Crippen LogP contribution in [0.5, 0.6) is 5.75 Å². The van der Waals surface area contributed by atoms with E-state index in [4.69, 9.17) is 9.15 Å². The molecule has 0 fully saturated rings. The normalized spacial score (nSPS) is 12.0. The van der Waals surface area contributed by atoms with E-state index in [1.165, 1.54) is 51.2 Å². The molecule has 0 saturated heterocycles. The second kappa shape index (κ2) is 7.26. The lowest BCUT2D eigenvalue weighted by molar-refractivity contribution is 0.386. The van der Waals surface area contributed by atoms with Crippen LogP contribution in [0.3, 0.4) is 0 Å². The molecule has 0 atom stereocenters. The first-order valence-electron chi connectivity index (χ1n) is 7.59. The Morgan fingerprint density at radius 1 is 1.23 bits per heavy atom. The molecule has 9 heteroatoms. The number of thioether (sulfide) groups is 1. The van der Waals surface area contributed by atoms with E-state index >= 15 is 0 Å². The van der Waals surface area contributed by atoms with E-state index < -0.39 is 15.8 Å². The zero-order valence-electron chi connectivity index (χ0n) is 14.4. The van der Waals surface area contributed by atoms with Crippen LogP contribution in [0.2, 0.25) is 0 Å². The molecule has 3 rings (SSSR count). The summed E-state index contributed by atoms with van der Waals surface area (Å²) in [5.41, 5.74) is 1.70. The molecule has 0 spiro atoms. The summed E-state index contributed by atoms with van der Waals surface area (Å²) in [6, 6.07) is 9.27. The largest absolute Gasteiger partial charge is 0.494 e. The smallest absolute Gasteiger partial charge is 0.257 e. The van der Waals surface area contributed by atoms with Crippen LogP contribution in [-0.2, 0) is 15.8 Å². The Bertz CT molecular complexity index is 1050. The van der Waals surface area contributed by atoms with E-state index in [2.05, 4.69) is 4.98 Å². The van der Waals surface area contributed by atoms with E-state index in [1.807, 2.05) is 0 Å². The van der Waals surface area contributed by atoms with Gasteiger partial charge in [0.25, 0.3) is 5.22 Å². The SMILES string of the molecule is COc1ccc(CSc2nc3cc(S(=O)(=O)N(C)C)ccc3o2)cc1F. The van der Waals surface area contributed by atoms with E-state index in [0.29, 0.717) is 22.1 Å². The minimum absolute atomic E-state index is 0.150. The van der Waals surface area contributed by atoms with Gasteiger partial charge in [-0.1, -0.05) is 17.8 Å². The molecule has 0 aliphatic heterocycles. The summed E-state index contributed by atoms with van der Waals surface area (Å²) in [5.74, 6) is 0.216. The molecule has 1 aromatic heterocycles. The number of ether oxygens (including phenoxy) is 1. The average molecular weight is 396 g/mol. The number of sulfonamides is 1. The summed E-state index contributed by atoms with van der Waals surface area (Å²) in [4.78, 5) is 4.46. The van der Waals surface area contributed by atoms with Gasteiger partial charge in [0.2, 0.25) is 10.0 Å². The quantitative estimate of drug-likeness (QED) is 0.594. The van der Waals surface area contributed by atoms with Crippen LogP contribution >= 0.6 is 11.8 Å². The fraction of sp³-hybridized carbons (Fsp3) is 0.235. The molecular formula is C17H17FN2O4S2. The summed E-state index contributed by atoms with van der Waals surface area (Å²) in [6.07, 6.45) is 0. The highest BCUT2D eigenvalue weighted by Crippen LogP contribution is 2.29. The molecule has 1 heterocycles. The van der Waals surface area contributed by atoms with Crippen LogP contribution in [0.15, 0.2) is 50.9 Å². The zero-order chi connectivity index (χ0) is 18.9. The third-order valence-corrected chi connectivity index (χ3v) is 6.41. The van der Waals surface area contributed by atoms with Crippen LogP contribution < -0.4 is 4.74 Å². The third-order valence-electron chi connectivity index (χ3n) is 3.70. The van der Waals surface area contributed by atoms with E-state index in [9.17, 15) is 12.8 Å². The zero-order valence-corrected chi connectivity index (χ0v) is 16.0. The van der Waals surface area contributed by atoms with E-state index in [1.54, 1.807) is 18.2 Å². The Labute approximate surface area is 155 Å². The van der Waals surface area contributed by atoms with Crippen molar-refractivity contribution in [1.82, 2.24) is 9.29 Å². The van der Waals surface area contributed by atoms with Gasteiger partial charge in [0.15, 0.2) is 17.1 Å². The number of nitrogens with zero attached hydrogens (tertiary/aromatic N) is 2. The van der Waals surface area contributed by atoms with Crippen LogP contribution in [0, 0.1) is 5.82 Å². The first kappa shape index (κ1) is 18.7. The number of fused-ring (bicyclic) bond motifs is 1. The van der Waals surface area contributed by atoms with Crippen molar-refractivity contribution in [3.63, 3.8) is 0 Å². The Morgan fingerprint density at radius 2 is 2.00 bits per heavy atom. The van der Waals surface area contributed by atoms with Gasteiger partial charge in [-0.05, 0) is 35.9 Å². The second-order valence-corrected chi connectivity index (χ2v) is 8.73. The van der Waals surface area contributed by atoms with Gasteiger partial charge >= 0.3 is 0 Å². The topological polar surface area (TPSA) is 72.6 Å². The highest BCUT2D eigenvalue weighted by molar-refractivity contribution is 7.98. The number of hydrogen-bond acceptors (Lipinski definition) is 6. The lowest BCUT2D eigenvalue weighted by Gasteiger charge is -2.10. The standard InChI is InChI=1S/C17H17FN2O4S2/c1-20(2)26(21,22)12-5-7-16-14(9-12)19-17(24-16)25-10-11-4-6-15(23-3)13(18)8-11/h4-9H,10H2,1-3H3. The van der Waals surface area contributed by atoms with E-state index in [0.717, 1.165) is 9.87 Å². The van der Waals surface area contributed by atoms with Crippen molar-refractivity contribution in [2.75, 3.05) is 21.2 Å². The monoisotopic (exact) mass is 396 g/mol. The van der Waals surface area contributed by atoms with Crippen molar-refractivity contribution >= 4 is 32.9 Å². The van der Waals surface area contributed by atoms with Gasteiger partial charge in [-0.15, -0.1) is 0 Å². The molecule has 138 valence electrons. The van der Waals surface area contributed by atoms with Crippen LogP contribution in [-0.4, -0.2) is 38.9 Å². The first-order chi connectivity index (χ1) is 12.3. The molecule has 0 radical (unpaired) electrons. The summed E-state index contributed by atoms with van der Waals surface area (Å²) in [7, 11) is 0.818. The molecule has 6 nitrogen and oxygen atoms in total. The number of hydrogen-bond donors (Lipinski definition) is 0. The minimum Gasteiger partial charge on any atom is -0.494 e. The van der Waals surface area contributed by atoms with Crippen molar-refractivity contribution < 1.29 is 22.0 Å². The second-order valence-electron chi connectivity index (χ2n) is 5.65. The van der Waals surface area contributed by atoms with Crippen LogP contribution in [0.25, 0.3) is 11.1 Å². The van der Waals surface area contributed by atoms with Crippen molar-refractivity contribution in [3.8, 4) is 5.75 Å². The Balaban J connectivity index is 1.80. The number of oxazole rings is 1. The van der Waals surface area contributed by atoms with Crippen molar-refractivity contribution in [3.05, 3.63) is 47.8 Å². The average Bonchev–Trinajstić information content (AvgIpc) is 3.02. The van der Waals surface area contributed by atoms with Crippen molar-refractivity contribution in [2.45, 2.75) is 15.9 Å². The highest BCUT2D eigenvalue weighted by Gasteiger charge is 2.19. The number of rotatable bonds is 6. The molecule has 0 saturated carbocycles. The molecule has 0 aliphatic carbocycles. The number of benzene rings is 2. The predicted octanol–water partition coefficient (Wildman–Crippen LogP) is 3.52. The molecule has 0 amide bonds. The molecule has 0 bridgehead atoms. The summed E-state index contributed by atoms with van der Waals surface area (Å²) < 4.78 is 49.8. The molecule has 0 aliphatic rings. The Kier molecular flexibility index (Phi) is 5.22. The van der Waals surface area contributed by atoms with Gasteiger partial charge in [-0.3, -0.25) is 0 Å². The lowest BCUT2D eigenvalue weighted by atomic mass is 10.2. The van der Waals surface area contributed by atoms with Gasteiger partial charge < -0.3 is 9.15 Å². The lowest BCUT2D eigenvalue weighted by Crippen LogP contribution is -2.22. The highest BCUT2D eigenvalue weighted by atomic mass is 32.2. The maximum absolute atomic E-state index is 13.7. The molecule has 2 aromatic carbocycles. The molecule has 26 heavy (non-hydrogen) atoms. The maximum Gasteiger partial charge on any atom is 0.257 e. The van der Waals surface area contributed by atoms with Crippen LogP contribution in [0.1, 0.15) is 5.56 Å². The Morgan fingerprint density at radius 3 is 2.65 bits per heavy atom. The van der Waals surface area contributed by atoms with Crippen molar-refractivity contribution in [2.24, 2.45) is 0 Å². The van der Waals surface area contributed by atoms with Gasteiger partial charge in [-0.25, -0.2) is 22.1 Å². The molecule has 3 aromatic rings. The minimum atomic E-state index is -3.53. The number of aromatic nitrogens is 1. The maximum atomic E-state index is 13.7. The fourth-order valence-electron chi connectivity index (χ4n) is 2.26. The summed E-state index contributed by atoms with van der Waals surface area (Å²) in [5, 5.41) is 0.385. The molecule has 0 N–H and O–H groups in total. The number of methoxy groups -OCH3 is 1.